The molecular weight excluding hydrogens is 458 g/mol. The Hall–Kier alpha value is -4.63. The number of pyridine rings is 1. The number of hydrogen-bond acceptors (Lipinski definition) is 7. The van der Waals surface area contributed by atoms with Crippen LogP contribution in [0.25, 0.3) is 22.5 Å². The van der Waals surface area contributed by atoms with Crippen LogP contribution >= 0.6 is 0 Å². The number of rotatable bonds is 8. The normalized spacial score (nSPS) is 11.9. The van der Waals surface area contributed by atoms with Gasteiger partial charge in [0.2, 0.25) is 0 Å². The van der Waals surface area contributed by atoms with Crippen molar-refractivity contribution < 1.29 is 14.2 Å². The number of non-ortho nitro benzene ring substituents is 1. The first-order chi connectivity index (χ1) is 17.5. The number of nitro benzene ring substituents is 1. The summed E-state index contributed by atoms with van der Waals surface area (Å²) in [5, 5.41) is 15.3. The Kier molecular flexibility index (Phi) is 6.38. The molecule has 0 amide bonds. The van der Waals surface area contributed by atoms with Gasteiger partial charge in [0.15, 0.2) is 0 Å². The van der Waals surface area contributed by atoms with Gasteiger partial charge in [-0.1, -0.05) is 41.6 Å². The molecule has 0 radical (unpaired) electrons. The quantitative estimate of drug-likeness (QED) is 0.214. The van der Waals surface area contributed by atoms with Gasteiger partial charge in [-0.3, -0.25) is 15.1 Å². The summed E-state index contributed by atoms with van der Waals surface area (Å²) >= 11 is 0. The van der Waals surface area contributed by atoms with Crippen LogP contribution in [0.1, 0.15) is 34.6 Å². The molecule has 0 saturated heterocycles. The third-order valence-corrected chi connectivity index (χ3v) is 5.77. The molecule has 5 rings (SSSR count). The van der Waals surface area contributed by atoms with Crippen LogP contribution in [0.3, 0.4) is 0 Å². The van der Waals surface area contributed by atoms with Crippen molar-refractivity contribution in [2.24, 2.45) is 0 Å². The summed E-state index contributed by atoms with van der Waals surface area (Å²) in [6.07, 6.45) is 1.27. The number of nitro groups is 1. The maximum absolute atomic E-state index is 11.1. The molecule has 0 aliphatic rings. The van der Waals surface area contributed by atoms with Gasteiger partial charge >= 0.3 is 0 Å². The van der Waals surface area contributed by atoms with Crippen LogP contribution in [-0.2, 0) is 11.3 Å². The second kappa shape index (κ2) is 9.93. The Labute approximate surface area is 206 Å². The molecule has 0 saturated carbocycles. The van der Waals surface area contributed by atoms with Gasteiger partial charge in [-0.2, -0.15) is 0 Å². The first kappa shape index (κ1) is 23.1. The minimum Gasteiger partial charge on any atom is -0.360 e. The number of aromatic amines is 1. The lowest BCUT2D eigenvalue weighted by Crippen LogP contribution is -2.09. The number of benzene rings is 2. The van der Waals surface area contributed by atoms with Gasteiger partial charge < -0.3 is 14.2 Å². The molecule has 9 nitrogen and oxygen atoms in total. The molecule has 1 N–H and O–H groups in total. The number of hydrogen-bond donors (Lipinski definition) is 1. The van der Waals surface area contributed by atoms with Crippen LogP contribution in [0.2, 0.25) is 0 Å². The number of nitrogens with one attached hydrogen (secondary N) is 1. The molecule has 180 valence electrons. The van der Waals surface area contributed by atoms with E-state index in [1.807, 2.05) is 62.4 Å². The van der Waals surface area contributed by atoms with Gasteiger partial charge in [0.25, 0.3) is 5.69 Å². The molecule has 0 fully saturated rings. The summed E-state index contributed by atoms with van der Waals surface area (Å²) in [5.41, 5.74) is 5.50. The zero-order chi connectivity index (χ0) is 25.1. The fourth-order valence-electron chi connectivity index (χ4n) is 4.03. The molecule has 0 aliphatic carbocycles. The lowest BCUT2D eigenvalue weighted by Gasteiger charge is -2.18. The average molecular weight is 482 g/mol. The van der Waals surface area contributed by atoms with Crippen LogP contribution in [0, 0.1) is 24.0 Å². The number of imidazole rings is 1. The fraction of sp³-hybridized carbons (Fsp3) is 0.148. The van der Waals surface area contributed by atoms with Crippen molar-refractivity contribution in [3.05, 3.63) is 118 Å². The molecule has 1 unspecified atom stereocenters. The summed E-state index contributed by atoms with van der Waals surface area (Å²) in [6, 6.07) is 21.8. The lowest BCUT2D eigenvalue weighted by atomic mass is 10.0. The van der Waals surface area contributed by atoms with Crippen molar-refractivity contribution in [2.45, 2.75) is 26.6 Å². The van der Waals surface area contributed by atoms with Crippen LogP contribution in [0.15, 0.2) is 83.5 Å². The van der Waals surface area contributed by atoms with Crippen LogP contribution < -0.4 is 0 Å². The maximum atomic E-state index is 11.1. The Morgan fingerprint density at radius 2 is 1.78 bits per heavy atom. The number of nitrogens with zero attached hydrogens (tertiary/aromatic N) is 4. The van der Waals surface area contributed by atoms with E-state index < -0.39 is 11.0 Å². The smallest absolute Gasteiger partial charge is 0.269 e. The van der Waals surface area contributed by atoms with Crippen LogP contribution in [0.5, 0.6) is 0 Å². The highest BCUT2D eigenvalue weighted by atomic mass is 16.6. The van der Waals surface area contributed by atoms with Crippen molar-refractivity contribution in [1.82, 2.24) is 20.1 Å². The third-order valence-electron chi connectivity index (χ3n) is 5.77. The maximum Gasteiger partial charge on any atom is 0.269 e. The summed E-state index contributed by atoms with van der Waals surface area (Å²) in [6.45, 7) is 3.93. The Bertz CT molecular complexity index is 1490. The van der Waals surface area contributed by atoms with Crippen molar-refractivity contribution in [3.63, 3.8) is 0 Å². The van der Waals surface area contributed by atoms with Gasteiger partial charge in [0, 0.05) is 29.6 Å². The number of aryl methyl sites for hydroxylation is 2. The Morgan fingerprint density at radius 3 is 2.50 bits per heavy atom. The lowest BCUT2D eigenvalue weighted by molar-refractivity contribution is -0.384. The molecule has 0 spiro atoms. The Morgan fingerprint density at radius 1 is 1.00 bits per heavy atom. The van der Waals surface area contributed by atoms with Crippen molar-refractivity contribution in [1.29, 1.82) is 0 Å². The molecule has 2 aromatic carbocycles. The summed E-state index contributed by atoms with van der Waals surface area (Å²) < 4.78 is 11.7. The highest BCUT2D eigenvalue weighted by Crippen LogP contribution is 2.33. The van der Waals surface area contributed by atoms with Crippen LogP contribution in [-0.4, -0.2) is 25.0 Å². The highest BCUT2D eigenvalue weighted by molar-refractivity contribution is 5.79. The van der Waals surface area contributed by atoms with Gasteiger partial charge in [0.1, 0.15) is 30.0 Å². The predicted molar refractivity (Wildman–Crippen MR) is 133 cm³/mol. The van der Waals surface area contributed by atoms with Crippen LogP contribution in [0.4, 0.5) is 5.69 Å². The topological polar surface area (TPSA) is 120 Å². The SMILES string of the molecule is Cc1cccc(C(OCc2nc(-c3c(-c4ccccc4)noc3C)c[nH]2)c2ccc([N+](=O)[O-])cc2)n1. The number of aromatic nitrogens is 4. The van der Waals surface area contributed by atoms with Crippen molar-refractivity contribution in [3.8, 4) is 22.5 Å². The van der Waals surface area contributed by atoms with E-state index in [9.17, 15) is 10.1 Å². The third kappa shape index (κ3) is 4.77. The second-order valence-corrected chi connectivity index (χ2v) is 8.30. The van der Waals surface area contributed by atoms with Crippen molar-refractivity contribution in [2.75, 3.05) is 0 Å². The largest absolute Gasteiger partial charge is 0.360 e. The van der Waals surface area contributed by atoms with E-state index in [0.717, 1.165) is 28.1 Å². The van der Waals surface area contributed by atoms with E-state index in [-0.39, 0.29) is 12.3 Å². The average Bonchev–Trinajstić information content (AvgIpc) is 3.51. The zero-order valence-electron chi connectivity index (χ0n) is 19.7. The zero-order valence-corrected chi connectivity index (χ0v) is 19.7. The fourth-order valence-corrected chi connectivity index (χ4v) is 4.03. The van der Waals surface area contributed by atoms with E-state index in [4.69, 9.17) is 14.2 Å². The van der Waals surface area contributed by atoms with Gasteiger partial charge in [0.05, 0.1) is 21.9 Å². The minimum absolute atomic E-state index is 0.0173. The molecule has 0 bridgehead atoms. The second-order valence-electron chi connectivity index (χ2n) is 8.30. The Balaban J connectivity index is 1.41. The number of H-pyrrole nitrogens is 1. The standard InChI is InChI=1S/C27H23N5O4/c1-17-7-6-10-22(29-17)27(20-11-13-21(14-12-20)32(33)34)35-16-24-28-15-23(30-24)25-18(2)36-31-26(25)19-8-4-3-5-9-19/h3-15,27H,16H2,1-2H3,(H,28,30). The molecule has 5 aromatic rings. The molecule has 3 aromatic heterocycles. The molecule has 36 heavy (non-hydrogen) atoms. The number of ether oxygens (including phenoxy) is 1. The van der Waals surface area contributed by atoms with E-state index in [1.165, 1.54) is 12.1 Å². The van der Waals surface area contributed by atoms with Crippen molar-refractivity contribution >= 4 is 5.69 Å². The van der Waals surface area contributed by atoms with E-state index in [2.05, 4.69) is 15.1 Å². The summed E-state index contributed by atoms with van der Waals surface area (Å²) in [4.78, 5) is 23.2. The predicted octanol–water partition coefficient (Wildman–Crippen LogP) is 5.96. The first-order valence-corrected chi connectivity index (χ1v) is 11.4. The first-order valence-electron chi connectivity index (χ1n) is 11.4. The van der Waals surface area contributed by atoms with Gasteiger partial charge in [-0.05, 0) is 43.7 Å². The molecule has 9 heteroatoms. The van der Waals surface area contributed by atoms with E-state index in [1.54, 1.807) is 18.3 Å². The highest BCUT2D eigenvalue weighted by Gasteiger charge is 2.21. The minimum atomic E-state index is -0.531. The summed E-state index contributed by atoms with van der Waals surface area (Å²) in [5.74, 6) is 1.28. The molecule has 0 aliphatic heterocycles. The molecular formula is C27H23N5O4. The monoisotopic (exact) mass is 481 g/mol. The van der Waals surface area contributed by atoms with Gasteiger partial charge in [-0.15, -0.1) is 0 Å². The summed E-state index contributed by atoms with van der Waals surface area (Å²) in [7, 11) is 0. The van der Waals surface area contributed by atoms with E-state index >= 15 is 0 Å². The molecule has 1 atom stereocenters. The van der Waals surface area contributed by atoms with Gasteiger partial charge in [-0.25, -0.2) is 4.98 Å². The molecule has 3 heterocycles. The van der Waals surface area contributed by atoms with E-state index in [0.29, 0.717) is 23.0 Å².